The highest BCUT2D eigenvalue weighted by atomic mass is 16.5. The molecule has 0 saturated heterocycles. The Morgan fingerprint density at radius 3 is 2.68 bits per heavy atom. The standard InChI is InChI=1S/C15H28N2O2/c1-15(2,3)16-13-14-7-5-8-17(14)9-12-19-11-6-10-18-4/h5,7-8,16H,6,9-13H2,1-4H3. The van der Waals surface area contributed by atoms with Crippen LogP contribution < -0.4 is 5.32 Å². The van der Waals surface area contributed by atoms with Crippen LogP contribution in [0.3, 0.4) is 0 Å². The molecular formula is C15H28N2O2. The second-order valence-electron chi connectivity index (χ2n) is 5.76. The van der Waals surface area contributed by atoms with Crippen molar-refractivity contribution in [2.45, 2.75) is 45.8 Å². The number of hydrogen-bond donors (Lipinski definition) is 1. The highest BCUT2D eigenvalue weighted by Gasteiger charge is 2.09. The van der Waals surface area contributed by atoms with E-state index >= 15 is 0 Å². The Morgan fingerprint density at radius 2 is 2.00 bits per heavy atom. The van der Waals surface area contributed by atoms with Gasteiger partial charge in [0, 0.05) is 50.8 Å². The summed E-state index contributed by atoms with van der Waals surface area (Å²) in [4.78, 5) is 0. The van der Waals surface area contributed by atoms with Crippen molar-refractivity contribution in [1.29, 1.82) is 0 Å². The maximum atomic E-state index is 5.59. The lowest BCUT2D eigenvalue weighted by Crippen LogP contribution is -2.35. The van der Waals surface area contributed by atoms with Crippen LogP contribution in [0.5, 0.6) is 0 Å². The molecule has 0 radical (unpaired) electrons. The highest BCUT2D eigenvalue weighted by molar-refractivity contribution is 5.07. The van der Waals surface area contributed by atoms with E-state index in [2.05, 4.69) is 49.0 Å². The van der Waals surface area contributed by atoms with Crippen LogP contribution in [0.15, 0.2) is 18.3 Å². The predicted octanol–water partition coefficient (Wildman–Crippen LogP) is 2.43. The molecule has 110 valence electrons. The summed E-state index contributed by atoms with van der Waals surface area (Å²) in [6.07, 6.45) is 3.07. The number of nitrogens with one attached hydrogen (secondary N) is 1. The zero-order valence-corrected chi connectivity index (χ0v) is 12.7. The Hall–Kier alpha value is -0.840. The lowest BCUT2D eigenvalue weighted by molar-refractivity contribution is 0.0973. The summed E-state index contributed by atoms with van der Waals surface area (Å²) in [5.41, 5.74) is 1.45. The third-order valence-corrected chi connectivity index (χ3v) is 2.84. The topological polar surface area (TPSA) is 35.4 Å². The lowest BCUT2D eigenvalue weighted by Gasteiger charge is -2.21. The van der Waals surface area contributed by atoms with Gasteiger partial charge in [-0.2, -0.15) is 0 Å². The molecule has 19 heavy (non-hydrogen) atoms. The van der Waals surface area contributed by atoms with E-state index in [9.17, 15) is 0 Å². The van der Waals surface area contributed by atoms with Crippen LogP contribution >= 0.6 is 0 Å². The van der Waals surface area contributed by atoms with Crippen molar-refractivity contribution in [2.75, 3.05) is 26.9 Å². The van der Waals surface area contributed by atoms with E-state index in [1.165, 1.54) is 5.69 Å². The van der Waals surface area contributed by atoms with Gasteiger partial charge in [0.1, 0.15) is 0 Å². The smallest absolute Gasteiger partial charge is 0.0645 e. The maximum Gasteiger partial charge on any atom is 0.0645 e. The Morgan fingerprint density at radius 1 is 1.21 bits per heavy atom. The van der Waals surface area contributed by atoms with Crippen LogP contribution in [0, 0.1) is 0 Å². The Kier molecular flexibility index (Phi) is 7.13. The molecule has 1 aromatic rings. The minimum absolute atomic E-state index is 0.145. The molecule has 1 heterocycles. The third-order valence-electron chi connectivity index (χ3n) is 2.84. The first-order chi connectivity index (χ1) is 9.03. The van der Waals surface area contributed by atoms with Gasteiger partial charge in [0.2, 0.25) is 0 Å². The summed E-state index contributed by atoms with van der Waals surface area (Å²) >= 11 is 0. The van der Waals surface area contributed by atoms with Crippen LogP contribution in [-0.4, -0.2) is 37.0 Å². The molecule has 0 unspecified atom stereocenters. The van der Waals surface area contributed by atoms with E-state index in [-0.39, 0.29) is 5.54 Å². The average Bonchev–Trinajstić information content (AvgIpc) is 2.78. The summed E-state index contributed by atoms with van der Waals surface area (Å²) in [7, 11) is 1.72. The minimum atomic E-state index is 0.145. The molecule has 1 aromatic heterocycles. The lowest BCUT2D eigenvalue weighted by atomic mass is 10.1. The fourth-order valence-electron chi connectivity index (χ4n) is 1.75. The summed E-state index contributed by atoms with van der Waals surface area (Å²) in [6.45, 7) is 10.6. The molecule has 0 amide bonds. The summed E-state index contributed by atoms with van der Waals surface area (Å²) in [5, 5.41) is 3.50. The molecular weight excluding hydrogens is 240 g/mol. The van der Waals surface area contributed by atoms with Crippen molar-refractivity contribution >= 4 is 0 Å². The van der Waals surface area contributed by atoms with Gasteiger partial charge in [-0.05, 0) is 39.3 Å². The van der Waals surface area contributed by atoms with Crippen molar-refractivity contribution in [3.63, 3.8) is 0 Å². The van der Waals surface area contributed by atoms with E-state index in [4.69, 9.17) is 9.47 Å². The van der Waals surface area contributed by atoms with Gasteiger partial charge in [-0.15, -0.1) is 0 Å². The molecule has 0 saturated carbocycles. The molecule has 0 bridgehead atoms. The summed E-state index contributed by atoms with van der Waals surface area (Å²) in [6, 6.07) is 4.24. The zero-order chi connectivity index (χ0) is 14.1. The van der Waals surface area contributed by atoms with Gasteiger partial charge in [-0.25, -0.2) is 0 Å². The maximum absolute atomic E-state index is 5.59. The second kappa shape index (κ2) is 8.35. The number of hydrogen-bond acceptors (Lipinski definition) is 3. The molecule has 4 nitrogen and oxygen atoms in total. The monoisotopic (exact) mass is 268 g/mol. The summed E-state index contributed by atoms with van der Waals surface area (Å²) < 4.78 is 12.8. The minimum Gasteiger partial charge on any atom is -0.385 e. The molecule has 4 heteroatoms. The first kappa shape index (κ1) is 16.2. The van der Waals surface area contributed by atoms with Gasteiger partial charge in [-0.1, -0.05) is 0 Å². The quantitative estimate of drug-likeness (QED) is 0.699. The van der Waals surface area contributed by atoms with Crippen molar-refractivity contribution in [3.05, 3.63) is 24.0 Å². The van der Waals surface area contributed by atoms with Gasteiger partial charge in [0.15, 0.2) is 0 Å². The van der Waals surface area contributed by atoms with Gasteiger partial charge in [0.05, 0.1) is 6.61 Å². The first-order valence-electron chi connectivity index (χ1n) is 6.98. The van der Waals surface area contributed by atoms with Crippen LogP contribution in [0.4, 0.5) is 0 Å². The molecule has 0 aliphatic carbocycles. The highest BCUT2D eigenvalue weighted by Crippen LogP contribution is 2.06. The Labute approximate surface area is 117 Å². The number of ether oxygens (including phenoxy) is 2. The van der Waals surface area contributed by atoms with E-state index < -0.39 is 0 Å². The van der Waals surface area contributed by atoms with Crippen molar-refractivity contribution in [2.24, 2.45) is 0 Å². The van der Waals surface area contributed by atoms with Gasteiger partial charge >= 0.3 is 0 Å². The molecule has 0 aliphatic rings. The normalized spacial score (nSPS) is 12.0. The van der Waals surface area contributed by atoms with Gasteiger partial charge < -0.3 is 19.4 Å². The predicted molar refractivity (Wildman–Crippen MR) is 78.3 cm³/mol. The van der Waals surface area contributed by atoms with Crippen molar-refractivity contribution < 1.29 is 9.47 Å². The number of rotatable bonds is 9. The van der Waals surface area contributed by atoms with Crippen LogP contribution in [0.25, 0.3) is 0 Å². The number of nitrogens with zero attached hydrogens (tertiary/aromatic N) is 1. The second-order valence-corrected chi connectivity index (χ2v) is 5.76. The van der Waals surface area contributed by atoms with Crippen LogP contribution in [0.2, 0.25) is 0 Å². The number of aromatic nitrogens is 1. The van der Waals surface area contributed by atoms with Gasteiger partial charge in [-0.3, -0.25) is 0 Å². The fourth-order valence-corrected chi connectivity index (χ4v) is 1.75. The Bertz CT molecular complexity index is 342. The average molecular weight is 268 g/mol. The zero-order valence-electron chi connectivity index (χ0n) is 12.7. The Balaban J connectivity index is 2.25. The molecule has 0 aliphatic heterocycles. The fraction of sp³-hybridized carbons (Fsp3) is 0.733. The first-order valence-corrected chi connectivity index (χ1v) is 6.98. The van der Waals surface area contributed by atoms with Gasteiger partial charge in [0.25, 0.3) is 0 Å². The van der Waals surface area contributed by atoms with Crippen molar-refractivity contribution in [3.8, 4) is 0 Å². The van der Waals surface area contributed by atoms with E-state index in [1.54, 1.807) is 7.11 Å². The van der Waals surface area contributed by atoms with E-state index in [0.717, 1.165) is 39.3 Å². The molecule has 0 atom stereocenters. The van der Waals surface area contributed by atoms with Crippen molar-refractivity contribution in [1.82, 2.24) is 9.88 Å². The SMILES string of the molecule is COCCCOCCn1cccc1CNC(C)(C)C. The number of methoxy groups -OCH3 is 1. The molecule has 0 fully saturated rings. The van der Waals surface area contributed by atoms with E-state index in [1.807, 2.05) is 0 Å². The molecule has 1 N–H and O–H groups in total. The molecule has 0 spiro atoms. The van der Waals surface area contributed by atoms with E-state index in [0.29, 0.717) is 0 Å². The van der Waals surface area contributed by atoms with Crippen LogP contribution in [-0.2, 0) is 22.6 Å². The molecule has 1 rings (SSSR count). The summed E-state index contributed by atoms with van der Waals surface area (Å²) in [5.74, 6) is 0. The van der Waals surface area contributed by atoms with Crippen LogP contribution in [0.1, 0.15) is 32.9 Å². The third kappa shape index (κ3) is 7.35. The molecule has 0 aromatic carbocycles. The largest absolute Gasteiger partial charge is 0.385 e.